The standard InChI is InChI=1S/C22H20ClN5O5S/c1-8-7-28-18-11(5-22(20(28)9(2)32-8)13(29)4-14(30)26-21(22)31)25-17-16(12-6-24-10(3)34-12)27-33-19(17)15(18)23/h6,8-9,20H,4-5,7H2,1-3H3,(H,26,30,31)/t8-,9+,20-,22?/m1/s1. The van der Waals surface area contributed by atoms with Crippen LogP contribution in [0.25, 0.3) is 21.7 Å². The highest BCUT2D eigenvalue weighted by molar-refractivity contribution is 7.15. The second-order valence-corrected chi connectivity index (χ2v) is 10.7. The third-order valence-electron chi connectivity index (χ3n) is 6.85. The van der Waals surface area contributed by atoms with Crippen LogP contribution in [0.5, 0.6) is 0 Å². The average Bonchev–Trinajstić information content (AvgIpc) is 3.37. The number of halogens is 1. The molecule has 12 heteroatoms. The fourth-order valence-corrected chi connectivity index (χ4v) is 6.69. The molecule has 10 nitrogen and oxygen atoms in total. The molecule has 3 aromatic rings. The van der Waals surface area contributed by atoms with E-state index in [0.29, 0.717) is 39.7 Å². The summed E-state index contributed by atoms with van der Waals surface area (Å²) in [6.45, 7) is 6.02. The minimum absolute atomic E-state index is 0.00841. The van der Waals surface area contributed by atoms with Gasteiger partial charge in [0.2, 0.25) is 17.4 Å². The topological polar surface area (TPSA) is 128 Å². The first-order valence-electron chi connectivity index (χ1n) is 10.9. The zero-order valence-electron chi connectivity index (χ0n) is 18.5. The maximum atomic E-state index is 13.4. The number of ketones is 1. The van der Waals surface area contributed by atoms with E-state index in [-0.39, 0.29) is 18.9 Å². The minimum atomic E-state index is -1.52. The summed E-state index contributed by atoms with van der Waals surface area (Å²) in [5.41, 5.74) is 0.835. The van der Waals surface area contributed by atoms with Crippen LogP contribution in [-0.2, 0) is 25.5 Å². The molecule has 0 aromatic carbocycles. The molecular formula is C22H20ClN5O5S. The number of aromatic nitrogens is 3. The van der Waals surface area contributed by atoms with Crippen LogP contribution >= 0.6 is 22.9 Å². The molecule has 0 saturated carbocycles. The fraction of sp³-hybridized carbons (Fsp3) is 0.455. The summed E-state index contributed by atoms with van der Waals surface area (Å²) >= 11 is 8.34. The number of amides is 2. The van der Waals surface area contributed by atoms with Crippen LogP contribution in [0.4, 0.5) is 5.69 Å². The van der Waals surface area contributed by atoms with Gasteiger partial charge >= 0.3 is 0 Å². The molecule has 3 aliphatic heterocycles. The molecule has 4 atom stereocenters. The van der Waals surface area contributed by atoms with Crippen LogP contribution in [0.3, 0.4) is 0 Å². The molecule has 1 spiro atoms. The van der Waals surface area contributed by atoms with Gasteiger partial charge in [0.05, 0.1) is 45.9 Å². The van der Waals surface area contributed by atoms with E-state index in [4.69, 9.17) is 25.8 Å². The lowest BCUT2D eigenvalue weighted by Gasteiger charge is -2.55. The number of piperidine rings is 1. The summed E-state index contributed by atoms with van der Waals surface area (Å²) in [4.78, 5) is 50.6. The van der Waals surface area contributed by atoms with Crippen molar-refractivity contribution in [1.29, 1.82) is 0 Å². The number of fused-ring (bicyclic) bond motifs is 5. The first-order chi connectivity index (χ1) is 16.2. The summed E-state index contributed by atoms with van der Waals surface area (Å²) in [5.74, 6) is -1.66. The number of imide groups is 1. The van der Waals surface area contributed by atoms with Gasteiger partial charge in [-0.15, -0.1) is 11.3 Å². The number of Topliss-reactive ketones (excluding diaryl/α,β-unsaturated/α-hetero) is 1. The Hall–Kier alpha value is -2.89. The highest BCUT2D eigenvalue weighted by atomic mass is 35.5. The van der Waals surface area contributed by atoms with Crippen molar-refractivity contribution in [2.45, 2.75) is 51.9 Å². The molecule has 1 N–H and O–H groups in total. The highest BCUT2D eigenvalue weighted by Gasteiger charge is 2.63. The molecule has 2 amide bonds. The van der Waals surface area contributed by atoms with Gasteiger partial charge in [0.1, 0.15) is 16.0 Å². The number of carbonyl (C=O) groups excluding carboxylic acids is 3. The smallest absolute Gasteiger partial charge is 0.242 e. The Morgan fingerprint density at radius 3 is 2.79 bits per heavy atom. The lowest BCUT2D eigenvalue weighted by atomic mass is 9.64. The van der Waals surface area contributed by atoms with Gasteiger partial charge < -0.3 is 14.2 Å². The van der Waals surface area contributed by atoms with E-state index < -0.39 is 35.2 Å². The van der Waals surface area contributed by atoms with E-state index in [1.807, 2.05) is 25.7 Å². The number of hydrogen-bond acceptors (Lipinski definition) is 10. The van der Waals surface area contributed by atoms with Gasteiger partial charge in [-0.2, -0.15) is 0 Å². The Morgan fingerprint density at radius 2 is 2.09 bits per heavy atom. The van der Waals surface area contributed by atoms with E-state index >= 15 is 0 Å². The quantitative estimate of drug-likeness (QED) is 0.395. The number of thiazole rings is 1. The zero-order valence-corrected chi connectivity index (χ0v) is 20.1. The van der Waals surface area contributed by atoms with E-state index in [1.54, 1.807) is 6.20 Å². The van der Waals surface area contributed by atoms with Crippen LogP contribution in [0, 0.1) is 12.3 Å². The maximum Gasteiger partial charge on any atom is 0.242 e. The van der Waals surface area contributed by atoms with Crippen molar-refractivity contribution >= 4 is 57.3 Å². The first kappa shape index (κ1) is 21.6. The Balaban J connectivity index is 1.60. The predicted molar refractivity (Wildman–Crippen MR) is 123 cm³/mol. The van der Waals surface area contributed by atoms with Crippen molar-refractivity contribution in [2.75, 3.05) is 11.4 Å². The Bertz CT molecular complexity index is 1380. The van der Waals surface area contributed by atoms with Crippen molar-refractivity contribution in [1.82, 2.24) is 20.4 Å². The number of aryl methyl sites for hydroxylation is 1. The summed E-state index contributed by atoms with van der Waals surface area (Å²) < 4.78 is 11.7. The maximum absolute atomic E-state index is 13.4. The van der Waals surface area contributed by atoms with Crippen LogP contribution in [0.2, 0.25) is 5.02 Å². The molecule has 0 bridgehead atoms. The van der Waals surface area contributed by atoms with Crippen LogP contribution in [-0.4, -0.2) is 57.5 Å². The van der Waals surface area contributed by atoms with Crippen molar-refractivity contribution in [3.05, 3.63) is 21.9 Å². The molecule has 2 saturated heterocycles. The lowest BCUT2D eigenvalue weighted by molar-refractivity contribution is -0.158. The number of carbonyl (C=O) groups is 3. The SMILES string of the molecule is Cc1ncc(-c2noc3c(Cl)c4c(nc23)CC2(C(=O)CC(=O)NC2=O)[C@H]2[C@H](C)O[C@H](C)CN42)s1. The molecule has 3 aromatic heterocycles. The van der Waals surface area contributed by atoms with E-state index in [0.717, 1.165) is 9.88 Å². The third-order valence-corrected chi connectivity index (χ3v) is 8.12. The van der Waals surface area contributed by atoms with Gasteiger partial charge in [0, 0.05) is 19.2 Å². The summed E-state index contributed by atoms with van der Waals surface area (Å²) in [7, 11) is 0. The summed E-state index contributed by atoms with van der Waals surface area (Å²) in [6, 6.07) is -0.653. The van der Waals surface area contributed by atoms with Crippen LogP contribution < -0.4 is 10.2 Å². The average molecular weight is 502 g/mol. The molecule has 34 heavy (non-hydrogen) atoms. The van der Waals surface area contributed by atoms with Crippen molar-refractivity contribution in [2.24, 2.45) is 5.41 Å². The number of nitrogens with one attached hydrogen (secondary N) is 1. The van der Waals surface area contributed by atoms with Gasteiger partial charge in [0.25, 0.3) is 0 Å². The number of morpholine rings is 1. The molecule has 176 valence electrons. The Morgan fingerprint density at radius 1 is 1.29 bits per heavy atom. The number of ether oxygens (including phenoxy) is 1. The molecule has 3 aliphatic rings. The Labute approximate surface area is 202 Å². The minimum Gasteiger partial charge on any atom is -0.372 e. The van der Waals surface area contributed by atoms with Gasteiger partial charge in [-0.25, -0.2) is 9.97 Å². The second kappa shape index (κ2) is 7.30. The zero-order chi connectivity index (χ0) is 23.9. The molecule has 0 radical (unpaired) electrons. The van der Waals surface area contributed by atoms with Crippen molar-refractivity contribution in [3.8, 4) is 10.6 Å². The Kier molecular flexibility index (Phi) is 4.65. The van der Waals surface area contributed by atoms with Crippen LogP contribution in [0.1, 0.15) is 31.0 Å². The molecule has 1 unspecified atom stereocenters. The monoisotopic (exact) mass is 501 g/mol. The molecule has 0 aliphatic carbocycles. The van der Waals surface area contributed by atoms with E-state index in [2.05, 4.69) is 15.5 Å². The first-order valence-corrected chi connectivity index (χ1v) is 12.1. The molecule has 2 fully saturated rings. The largest absolute Gasteiger partial charge is 0.372 e. The number of anilines is 1. The lowest BCUT2D eigenvalue weighted by Crippen LogP contribution is -2.72. The van der Waals surface area contributed by atoms with Gasteiger partial charge in [-0.1, -0.05) is 16.8 Å². The number of nitrogens with zero attached hydrogens (tertiary/aromatic N) is 4. The van der Waals surface area contributed by atoms with Gasteiger partial charge in [-0.05, 0) is 20.8 Å². The number of pyridine rings is 1. The molecular weight excluding hydrogens is 482 g/mol. The van der Waals surface area contributed by atoms with Crippen molar-refractivity contribution < 1.29 is 23.6 Å². The van der Waals surface area contributed by atoms with Gasteiger partial charge in [-0.3, -0.25) is 19.7 Å². The number of rotatable bonds is 1. The number of hydrogen-bond donors (Lipinski definition) is 1. The van der Waals surface area contributed by atoms with Gasteiger partial charge in [0.15, 0.2) is 11.5 Å². The highest BCUT2D eigenvalue weighted by Crippen LogP contribution is 2.51. The van der Waals surface area contributed by atoms with Crippen LogP contribution in [0.15, 0.2) is 10.7 Å². The van der Waals surface area contributed by atoms with E-state index in [1.165, 1.54) is 11.3 Å². The third kappa shape index (κ3) is 2.83. The van der Waals surface area contributed by atoms with E-state index in [9.17, 15) is 14.4 Å². The fourth-order valence-electron chi connectivity index (χ4n) is 5.59. The molecule has 6 rings (SSSR count). The predicted octanol–water partition coefficient (Wildman–Crippen LogP) is 2.45. The van der Waals surface area contributed by atoms with Crippen molar-refractivity contribution in [3.63, 3.8) is 0 Å². The summed E-state index contributed by atoms with van der Waals surface area (Å²) in [5, 5.41) is 7.76. The molecule has 6 heterocycles. The summed E-state index contributed by atoms with van der Waals surface area (Å²) in [6.07, 6.45) is 0.652. The second-order valence-electron chi connectivity index (χ2n) is 9.05. The normalized spacial score (nSPS) is 28.9.